The maximum absolute atomic E-state index is 9.62. The van der Waals surface area contributed by atoms with Crippen LogP contribution in [-0.4, -0.2) is 24.1 Å². The second-order valence-corrected chi connectivity index (χ2v) is 18.1. The van der Waals surface area contributed by atoms with Crippen LogP contribution in [0, 0.1) is 16.7 Å². The van der Waals surface area contributed by atoms with Gasteiger partial charge in [-0.25, -0.2) is 4.98 Å². The van der Waals surface area contributed by atoms with Crippen molar-refractivity contribution in [2.75, 3.05) is 0 Å². The molecule has 0 amide bonds. The van der Waals surface area contributed by atoms with Gasteiger partial charge in [0.25, 0.3) is 0 Å². The van der Waals surface area contributed by atoms with Crippen LogP contribution in [0.4, 0.5) is 0 Å². The fourth-order valence-corrected chi connectivity index (χ4v) is 10.1. The molecule has 1 aliphatic rings. The Balaban J connectivity index is 1.21. The number of para-hydroxylation sites is 2. The smallest absolute Gasteiger partial charge is 0.238 e. The third-order valence-corrected chi connectivity index (χ3v) is 14.5. The van der Waals surface area contributed by atoms with Crippen molar-refractivity contribution in [2.24, 2.45) is 5.41 Å². The number of hydrogen-bond acceptors (Lipinski definition) is 4. The van der Waals surface area contributed by atoms with Gasteiger partial charge in [0.15, 0.2) is 11.6 Å². The van der Waals surface area contributed by atoms with Crippen molar-refractivity contribution in [1.29, 1.82) is 5.26 Å². The molecule has 3 aromatic heterocycles. The van der Waals surface area contributed by atoms with Crippen LogP contribution in [-0.2, 0) is 10.8 Å². The van der Waals surface area contributed by atoms with Crippen molar-refractivity contribution in [3.8, 4) is 51.6 Å². The lowest BCUT2D eigenvalue weighted by molar-refractivity contribution is 0.125. The van der Waals surface area contributed by atoms with Crippen LogP contribution in [0.15, 0.2) is 158 Å². The van der Waals surface area contributed by atoms with Gasteiger partial charge in [0, 0.05) is 38.4 Å². The SMILES string of the molecule is CC1(C)c2ccc(-n3c4ccccc4c4cc5c6ccccc6n(-c6nc(-c7ccc(C#N)cc7)nc(-c7ccccc7-c7ccccc7)n6)c5cc43)cc2C(C)(C)C1(C)C. The molecule has 0 fully saturated rings. The quantitative estimate of drug-likeness (QED) is 0.174. The number of nitriles is 1. The molecule has 10 aromatic rings. The molecule has 11 rings (SSSR count). The zero-order valence-electron chi connectivity index (χ0n) is 35.2. The van der Waals surface area contributed by atoms with Crippen LogP contribution >= 0.6 is 0 Å². The Morgan fingerprint density at radius 2 is 1.02 bits per heavy atom. The van der Waals surface area contributed by atoms with Gasteiger partial charge in [-0.1, -0.05) is 139 Å². The second-order valence-electron chi connectivity index (χ2n) is 18.1. The first-order chi connectivity index (χ1) is 29.5. The van der Waals surface area contributed by atoms with Crippen LogP contribution < -0.4 is 0 Å². The highest BCUT2D eigenvalue weighted by Crippen LogP contribution is 2.61. The van der Waals surface area contributed by atoms with Gasteiger partial charge in [-0.15, -0.1) is 0 Å². The minimum atomic E-state index is -0.0392. The summed E-state index contributed by atoms with van der Waals surface area (Å²) < 4.78 is 4.64. The van der Waals surface area contributed by atoms with E-state index in [2.05, 4.69) is 178 Å². The molecule has 0 radical (unpaired) electrons. The highest BCUT2D eigenvalue weighted by Gasteiger charge is 2.56. The fourth-order valence-electron chi connectivity index (χ4n) is 10.1. The van der Waals surface area contributed by atoms with E-state index in [1.165, 1.54) is 27.4 Å². The Hall–Kier alpha value is -7.36. The molecule has 0 saturated carbocycles. The lowest BCUT2D eigenvalue weighted by atomic mass is 9.59. The molecule has 0 aliphatic heterocycles. The van der Waals surface area contributed by atoms with Crippen LogP contribution in [0.3, 0.4) is 0 Å². The van der Waals surface area contributed by atoms with Gasteiger partial charge < -0.3 is 4.57 Å². The van der Waals surface area contributed by atoms with E-state index in [0.29, 0.717) is 23.2 Å². The van der Waals surface area contributed by atoms with Gasteiger partial charge in [0.1, 0.15) is 0 Å². The summed E-state index contributed by atoms with van der Waals surface area (Å²) >= 11 is 0. The van der Waals surface area contributed by atoms with Crippen molar-refractivity contribution in [2.45, 2.75) is 52.4 Å². The molecule has 0 spiro atoms. The maximum atomic E-state index is 9.62. The Morgan fingerprint density at radius 1 is 0.443 bits per heavy atom. The zero-order valence-corrected chi connectivity index (χ0v) is 35.2. The highest BCUT2D eigenvalue weighted by atomic mass is 15.2. The topological polar surface area (TPSA) is 72.3 Å². The molecule has 7 aromatic carbocycles. The van der Waals surface area contributed by atoms with E-state index in [1.807, 2.05) is 36.4 Å². The van der Waals surface area contributed by atoms with Gasteiger partial charge in [0.2, 0.25) is 5.95 Å². The summed E-state index contributed by atoms with van der Waals surface area (Å²) in [6.45, 7) is 14.5. The van der Waals surface area contributed by atoms with Gasteiger partial charge in [-0.3, -0.25) is 4.57 Å². The largest absolute Gasteiger partial charge is 0.309 e. The molecule has 3 heterocycles. The zero-order chi connectivity index (χ0) is 41.8. The number of aromatic nitrogens is 5. The predicted molar refractivity (Wildman–Crippen MR) is 249 cm³/mol. The van der Waals surface area contributed by atoms with E-state index in [9.17, 15) is 5.26 Å². The van der Waals surface area contributed by atoms with Crippen LogP contribution in [0.1, 0.15) is 58.2 Å². The fraction of sp³-hybridized carbons (Fsp3) is 0.164. The minimum absolute atomic E-state index is 0.0138. The van der Waals surface area contributed by atoms with E-state index in [4.69, 9.17) is 15.0 Å². The van der Waals surface area contributed by atoms with Gasteiger partial charge >= 0.3 is 0 Å². The Labute approximate surface area is 355 Å². The van der Waals surface area contributed by atoms with Crippen LogP contribution in [0.25, 0.3) is 89.2 Å². The predicted octanol–water partition coefficient (Wildman–Crippen LogP) is 13.5. The van der Waals surface area contributed by atoms with E-state index < -0.39 is 0 Å². The third-order valence-electron chi connectivity index (χ3n) is 14.5. The molecule has 0 saturated heterocycles. The Morgan fingerprint density at radius 3 is 1.70 bits per heavy atom. The molecule has 0 atom stereocenters. The van der Waals surface area contributed by atoms with Crippen LogP contribution in [0.2, 0.25) is 0 Å². The van der Waals surface area contributed by atoms with Crippen molar-refractivity contribution in [3.63, 3.8) is 0 Å². The summed E-state index contributed by atoms with van der Waals surface area (Å²) in [5, 5.41) is 14.3. The lowest BCUT2D eigenvalue weighted by Gasteiger charge is -2.44. The molecule has 0 N–H and O–H groups in total. The van der Waals surface area contributed by atoms with E-state index in [-0.39, 0.29) is 16.2 Å². The average Bonchev–Trinajstić information content (AvgIpc) is 3.83. The highest BCUT2D eigenvalue weighted by molar-refractivity contribution is 6.19. The number of benzene rings is 7. The van der Waals surface area contributed by atoms with E-state index in [1.54, 1.807) is 0 Å². The summed E-state index contributed by atoms with van der Waals surface area (Å²) in [5.74, 6) is 1.61. The van der Waals surface area contributed by atoms with Crippen molar-refractivity contribution in [3.05, 3.63) is 174 Å². The molecule has 294 valence electrons. The summed E-state index contributed by atoms with van der Waals surface area (Å²) in [5.41, 5.74) is 12.7. The molecule has 6 heteroatoms. The standard InChI is InChI=1S/C55H44N6/c1-53(2)44-29-28-37(30-45(44)54(3,4)55(53,5)6)60-46-22-14-12-19-39(46)42-31-43-40-20-13-15-23-47(40)61(49(43)32-48(42)60)52-58-50(36-26-24-34(33-56)25-27-36)57-51(59-52)41-21-11-10-18-38(41)35-16-8-7-9-17-35/h7-32H,1-6H3. The molecule has 0 bridgehead atoms. The van der Waals surface area contributed by atoms with Gasteiger partial charge in [0.05, 0.1) is 33.7 Å². The summed E-state index contributed by atoms with van der Waals surface area (Å²) in [6, 6.07) is 57.5. The molecule has 6 nitrogen and oxygen atoms in total. The summed E-state index contributed by atoms with van der Waals surface area (Å²) in [4.78, 5) is 15.8. The van der Waals surface area contributed by atoms with E-state index >= 15 is 0 Å². The first-order valence-electron chi connectivity index (χ1n) is 21.0. The minimum Gasteiger partial charge on any atom is -0.309 e. The molecular formula is C55H44N6. The average molecular weight is 789 g/mol. The lowest BCUT2D eigenvalue weighted by Crippen LogP contribution is -2.42. The van der Waals surface area contributed by atoms with Gasteiger partial charge in [-0.05, 0) is 99.2 Å². The van der Waals surface area contributed by atoms with Crippen molar-refractivity contribution < 1.29 is 0 Å². The first-order valence-corrected chi connectivity index (χ1v) is 21.0. The van der Waals surface area contributed by atoms with E-state index in [0.717, 1.165) is 55.3 Å². The molecule has 0 unspecified atom stereocenters. The Bertz CT molecular complexity index is 3450. The summed E-state index contributed by atoms with van der Waals surface area (Å²) in [7, 11) is 0. The monoisotopic (exact) mass is 788 g/mol. The number of nitrogens with zero attached hydrogens (tertiary/aromatic N) is 6. The van der Waals surface area contributed by atoms with Crippen LogP contribution in [0.5, 0.6) is 0 Å². The maximum Gasteiger partial charge on any atom is 0.238 e. The second kappa shape index (κ2) is 13.1. The van der Waals surface area contributed by atoms with Crippen molar-refractivity contribution in [1.82, 2.24) is 24.1 Å². The molecular weight excluding hydrogens is 745 g/mol. The number of fused-ring (bicyclic) bond motifs is 7. The third kappa shape index (κ3) is 5.23. The normalized spacial score (nSPS) is 15.1. The Kier molecular flexibility index (Phi) is 7.86. The number of rotatable bonds is 5. The van der Waals surface area contributed by atoms with Gasteiger partial charge in [-0.2, -0.15) is 15.2 Å². The molecule has 1 aliphatic carbocycles. The van der Waals surface area contributed by atoms with Crippen molar-refractivity contribution >= 4 is 43.6 Å². The number of hydrogen-bond donors (Lipinski definition) is 0. The first kappa shape index (κ1) is 36.7. The summed E-state index contributed by atoms with van der Waals surface area (Å²) in [6.07, 6.45) is 0. The molecule has 61 heavy (non-hydrogen) atoms.